The first-order valence-corrected chi connectivity index (χ1v) is 9.92. The number of carbonyl (C=O) groups is 2. The van der Waals surface area contributed by atoms with Gasteiger partial charge in [-0.25, -0.2) is 0 Å². The minimum atomic E-state index is -0.0528. The Hall–Kier alpha value is -3.52. The van der Waals surface area contributed by atoms with E-state index in [1.807, 2.05) is 59.6 Å². The Balaban J connectivity index is 1.29. The van der Waals surface area contributed by atoms with Crippen molar-refractivity contribution in [3.8, 4) is 11.8 Å². The van der Waals surface area contributed by atoms with Crippen molar-refractivity contribution in [2.75, 3.05) is 18.0 Å². The summed E-state index contributed by atoms with van der Waals surface area (Å²) in [5, 5.41) is 3.92. The van der Waals surface area contributed by atoms with Crippen LogP contribution < -0.4 is 10.2 Å². The molecule has 0 atom stereocenters. The van der Waals surface area contributed by atoms with Crippen LogP contribution in [-0.4, -0.2) is 29.9 Å². The molecule has 3 aromatic rings. The van der Waals surface area contributed by atoms with Crippen molar-refractivity contribution in [1.82, 2.24) is 10.3 Å². The molecule has 2 N–H and O–H groups in total. The van der Waals surface area contributed by atoms with Crippen LogP contribution in [0.3, 0.4) is 0 Å². The number of aromatic nitrogens is 1. The molecule has 1 fully saturated rings. The normalized spacial score (nSPS) is 13.8. The summed E-state index contributed by atoms with van der Waals surface area (Å²) in [5.41, 5.74) is 3.80. The number of aromatic amines is 1. The van der Waals surface area contributed by atoms with E-state index in [0.29, 0.717) is 19.4 Å². The maximum absolute atomic E-state index is 12.2. The lowest BCUT2D eigenvalue weighted by Gasteiger charge is -2.26. The van der Waals surface area contributed by atoms with Crippen molar-refractivity contribution in [1.29, 1.82) is 0 Å². The highest BCUT2D eigenvalue weighted by atomic mass is 16.2. The van der Waals surface area contributed by atoms with E-state index in [2.05, 4.69) is 22.1 Å². The number of nitrogens with one attached hydrogen (secondary N) is 2. The molecule has 1 aliphatic rings. The number of para-hydroxylation sites is 1. The summed E-state index contributed by atoms with van der Waals surface area (Å²) in [6, 6.07) is 15.6. The Labute approximate surface area is 170 Å². The van der Waals surface area contributed by atoms with Gasteiger partial charge in [-0.2, -0.15) is 0 Å². The number of nitrogens with zero attached hydrogens (tertiary/aromatic N) is 1. The zero-order valence-corrected chi connectivity index (χ0v) is 16.2. The van der Waals surface area contributed by atoms with Gasteiger partial charge in [0, 0.05) is 41.3 Å². The van der Waals surface area contributed by atoms with Crippen LogP contribution in [0.4, 0.5) is 5.69 Å². The smallest absolute Gasteiger partial charge is 0.226 e. The molecule has 0 spiro atoms. The minimum absolute atomic E-state index is 0.0528. The molecule has 1 aromatic heterocycles. The number of rotatable bonds is 4. The number of anilines is 1. The van der Waals surface area contributed by atoms with Crippen molar-refractivity contribution in [3.63, 3.8) is 0 Å². The van der Waals surface area contributed by atoms with E-state index in [0.717, 1.165) is 47.1 Å². The van der Waals surface area contributed by atoms with Gasteiger partial charge in [0.1, 0.15) is 0 Å². The van der Waals surface area contributed by atoms with Gasteiger partial charge in [-0.3, -0.25) is 9.59 Å². The molecular formula is C24H23N3O2. The predicted molar refractivity (Wildman–Crippen MR) is 115 cm³/mol. The fraction of sp³-hybridized carbons (Fsp3) is 0.250. The number of hydrogen-bond donors (Lipinski definition) is 2. The molecule has 29 heavy (non-hydrogen) atoms. The highest BCUT2D eigenvalue weighted by molar-refractivity contribution is 5.94. The summed E-state index contributed by atoms with van der Waals surface area (Å²) in [6.45, 7) is 1.08. The number of hydrogen-bond acceptors (Lipinski definition) is 2. The molecule has 2 amide bonds. The van der Waals surface area contributed by atoms with Crippen LogP contribution in [0.1, 0.15) is 30.4 Å². The molecule has 1 saturated heterocycles. The molecule has 4 rings (SSSR count). The molecule has 0 radical (unpaired) electrons. The van der Waals surface area contributed by atoms with Gasteiger partial charge in [0.15, 0.2) is 0 Å². The summed E-state index contributed by atoms with van der Waals surface area (Å²) in [5.74, 6) is 6.18. The number of carbonyl (C=O) groups excluding carboxylic acids is 2. The van der Waals surface area contributed by atoms with Crippen LogP contribution in [0.25, 0.3) is 10.9 Å². The van der Waals surface area contributed by atoms with Gasteiger partial charge in [0.2, 0.25) is 11.8 Å². The number of benzene rings is 2. The third kappa shape index (κ3) is 4.49. The zero-order valence-electron chi connectivity index (χ0n) is 16.2. The molecule has 5 nitrogen and oxygen atoms in total. The summed E-state index contributed by atoms with van der Waals surface area (Å²) in [7, 11) is 0. The summed E-state index contributed by atoms with van der Waals surface area (Å²) in [4.78, 5) is 29.2. The first kappa shape index (κ1) is 18.8. The van der Waals surface area contributed by atoms with Crippen LogP contribution in [0.2, 0.25) is 0 Å². The maximum atomic E-state index is 12.2. The average Bonchev–Trinajstić information content (AvgIpc) is 3.15. The lowest BCUT2D eigenvalue weighted by Crippen LogP contribution is -2.35. The van der Waals surface area contributed by atoms with Crippen molar-refractivity contribution in [2.24, 2.45) is 0 Å². The van der Waals surface area contributed by atoms with Crippen LogP contribution in [-0.2, 0) is 16.0 Å². The molecule has 1 aliphatic heterocycles. The largest absolute Gasteiger partial charge is 0.361 e. The second-order valence-electron chi connectivity index (χ2n) is 7.16. The third-order valence-corrected chi connectivity index (χ3v) is 5.13. The number of H-pyrrole nitrogens is 1. The Morgan fingerprint density at radius 1 is 1.10 bits per heavy atom. The van der Waals surface area contributed by atoms with Crippen molar-refractivity contribution < 1.29 is 9.59 Å². The van der Waals surface area contributed by atoms with Crippen LogP contribution in [0.15, 0.2) is 54.7 Å². The van der Waals surface area contributed by atoms with Gasteiger partial charge >= 0.3 is 0 Å². The third-order valence-electron chi connectivity index (χ3n) is 5.13. The second-order valence-corrected chi connectivity index (χ2v) is 7.16. The fourth-order valence-corrected chi connectivity index (χ4v) is 3.61. The van der Waals surface area contributed by atoms with Gasteiger partial charge in [0.05, 0.1) is 13.0 Å². The summed E-state index contributed by atoms with van der Waals surface area (Å²) in [6.07, 6.45) is 4.85. The van der Waals surface area contributed by atoms with E-state index in [4.69, 9.17) is 0 Å². The van der Waals surface area contributed by atoms with Crippen molar-refractivity contribution in [3.05, 3.63) is 65.9 Å². The Kier molecular flexibility index (Phi) is 5.62. The Morgan fingerprint density at radius 3 is 2.76 bits per heavy atom. The number of fused-ring (bicyclic) bond motifs is 1. The van der Waals surface area contributed by atoms with Crippen molar-refractivity contribution in [2.45, 2.75) is 25.7 Å². The average molecular weight is 385 g/mol. The van der Waals surface area contributed by atoms with Crippen molar-refractivity contribution >= 4 is 28.4 Å². The molecule has 0 bridgehead atoms. The van der Waals surface area contributed by atoms with Crippen LogP contribution in [0, 0.1) is 11.8 Å². The van der Waals surface area contributed by atoms with Gasteiger partial charge in [-0.15, -0.1) is 0 Å². The highest BCUT2D eigenvalue weighted by Gasteiger charge is 2.19. The van der Waals surface area contributed by atoms with Gasteiger partial charge in [-0.05, 0) is 48.7 Å². The first-order chi connectivity index (χ1) is 14.2. The summed E-state index contributed by atoms with van der Waals surface area (Å²) < 4.78 is 0. The quantitative estimate of drug-likeness (QED) is 0.676. The van der Waals surface area contributed by atoms with E-state index >= 15 is 0 Å². The number of amides is 2. The zero-order chi connectivity index (χ0) is 20.1. The Bertz CT molecular complexity index is 1090. The molecular weight excluding hydrogens is 362 g/mol. The molecule has 0 aliphatic carbocycles. The van der Waals surface area contributed by atoms with Crippen LogP contribution in [0.5, 0.6) is 0 Å². The predicted octanol–water partition coefficient (Wildman–Crippen LogP) is 3.40. The standard InChI is InChI=1S/C24H23N3O2/c28-23(16-19-17-26-22-8-2-1-7-21(19)22)25-14-5-6-18-10-12-20(13-11-18)27-15-4-3-9-24(27)29/h1-2,7-8,10-13,17,26H,3-4,9,14-16H2,(H,25,28). The summed E-state index contributed by atoms with van der Waals surface area (Å²) >= 11 is 0. The lowest BCUT2D eigenvalue weighted by molar-refractivity contribution is -0.120. The molecule has 0 saturated carbocycles. The van der Waals surface area contributed by atoms with E-state index in [1.165, 1.54) is 0 Å². The van der Waals surface area contributed by atoms with Gasteiger partial charge in [-0.1, -0.05) is 30.0 Å². The molecule has 0 unspecified atom stereocenters. The molecule has 5 heteroatoms. The lowest BCUT2D eigenvalue weighted by atomic mass is 10.1. The van der Waals surface area contributed by atoms with Gasteiger partial charge < -0.3 is 15.2 Å². The van der Waals surface area contributed by atoms with E-state index in [9.17, 15) is 9.59 Å². The Morgan fingerprint density at radius 2 is 1.93 bits per heavy atom. The number of piperidine rings is 1. The van der Waals surface area contributed by atoms with Gasteiger partial charge in [0.25, 0.3) is 0 Å². The monoisotopic (exact) mass is 385 g/mol. The maximum Gasteiger partial charge on any atom is 0.226 e. The topological polar surface area (TPSA) is 65.2 Å². The van der Waals surface area contributed by atoms with E-state index in [1.54, 1.807) is 0 Å². The molecule has 2 aromatic carbocycles. The van der Waals surface area contributed by atoms with Crippen LogP contribution >= 0.6 is 0 Å². The van der Waals surface area contributed by atoms with E-state index in [-0.39, 0.29) is 11.8 Å². The fourth-order valence-electron chi connectivity index (χ4n) is 3.61. The highest BCUT2D eigenvalue weighted by Crippen LogP contribution is 2.21. The first-order valence-electron chi connectivity index (χ1n) is 9.92. The molecule has 2 heterocycles. The van der Waals surface area contributed by atoms with E-state index < -0.39 is 0 Å². The minimum Gasteiger partial charge on any atom is -0.361 e. The second kappa shape index (κ2) is 8.66. The molecule has 146 valence electrons. The SMILES string of the molecule is O=C(Cc1c[nH]c2ccccc12)NCC#Cc1ccc(N2CCCCC2=O)cc1.